The molecule has 8 aromatic rings. The van der Waals surface area contributed by atoms with Gasteiger partial charge < -0.3 is 36.2 Å². The molecule has 0 unspecified atom stereocenters. The second-order valence-electron chi connectivity index (χ2n) is 15.4. The molecule has 0 atom stereocenters. The van der Waals surface area contributed by atoms with Gasteiger partial charge in [0.05, 0.1) is 6.16 Å². The quantitative estimate of drug-likeness (QED) is 0.0233. The van der Waals surface area contributed by atoms with E-state index in [1.807, 2.05) is 48.5 Å². The van der Waals surface area contributed by atoms with Gasteiger partial charge in [-0.1, -0.05) is 152 Å². The molecule has 0 bridgehead atoms. The summed E-state index contributed by atoms with van der Waals surface area (Å²) in [5.41, 5.74) is 0. The average Bonchev–Trinajstić information content (AvgIpc) is 3.43. The molecule has 0 spiro atoms. The van der Waals surface area contributed by atoms with Crippen LogP contribution >= 0.6 is 71.2 Å². The summed E-state index contributed by atoms with van der Waals surface area (Å²) >= 11 is 1.14. The topological polar surface area (TPSA) is 142 Å². The summed E-state index contributed by atoms with van der Waals surface area (Å²) in [6, 6.07) is 70.6. The van der Waals surface area contributed by atoms with Gasteiger partial charge in [-0.2, -0.15) is 25.2 Å². The van der Waals surface area contributed by atoms with E-state index in [1.165, 1.54) is 12.3 Å². The Morgan fingerprint density at radius 1 is 0.286 bits per heavy atom. The van der Waals surface area contributed by atoms with Crippen molar-refractivity contribution in [3.8, 4) is 46.0 Å². The van der Waals surface area contributed by atoms with Crippen LogP contribution in [0.1, 0.15) is 19.3 Å². The molecular formula is C55H52Cl4Ni2O12P4. The Morgan fingerprint density at radius 2 is 0.468 bits per heavy atom. The maximum atomic E-state index is 13.7. The first kappa shape index (κ1) is 63.1. The first-order chi connectivity index (χ1) is 37.4. The molecule has 0 heterocycles. The Labute approximate surface area is 479 Å². The predicted octanol–water partition coefficient (Wildman–Crippen LogP) is 19.6. The summed E-state index contributed by atoms with van der Waals surface area (Å²) in [6.45, 7) is 0. The average molecular weight is 1290 g/mol. The normalized spacial score (nSPS) is 11.1. The zero-order valence-corrected chi connectivity index (χ0v) is 49.2. The first-order valence-corrected chi connectivity index (χ1v) is 35.2. The van der Waals surface area contributed by atoms with E-state index in [0.717, 1.165) is 0 Å². The summed E-state index contributed by atoms with van der Waals surface area (Å²) in [5, 5.41) is 0. The Hall–Kier alpha value is -4.77. The Kier molecular flexibility index (Phi) is 28.6. The molecule has 0 radical (unpaired) electrons. The first-order valence-electron chi connectivity index (χ1n) is 23.1. The standard InChI is InChI=1S/C28H27O6P2.C27H25O6P2.4ClH.2Ni/c29-35(31-25-15-5-1-6-16-25,32-26-17-7-2-8-18-26)23-13-14-24-36(30,33-27-19-9-3-10-20-27)34-28-21-11-4-12-22-28;28-34(30-24-14-5-1-6-15-24,31-25-16-7-2-8-17-25)22-13-23-35(29,32-26-18-9-3-10-19-26)33-27-20-11-4-12-21-27;;;;;;/h1-12,15-23H,13-14,24H2;1-12,14-22H,13,23H2;4*1H;;/q2*-1;;;;;2*+3/p-4. The Bertz CT molecular complexity index is 2650. The monoisotopic (exact) mass is 1280 g/mol. The van der Waals surface area contributed by atoms with Crippen LogP contribution in [0.5, 0.6) is 46.0 Å². The van der Waals surface area contributed by atoms with Crippen LogP contribution in [0.25, 0.3) is 0 Å². The van der Waals surface area contributed by atoms with E-state index >= 15 is 0 Å². The molecule has 22 heteroatoms. The van der Waals surface area contributed by atoms with Crippen molar-refractivity contribution < 1.29 is 79.8 Å². The number of rotatable bonds is 25. The molecule has 0 saturated carbocycles. The van der Waals surface area contributed by atoms with Crippen LogP contribution in [0.15, 0.2) is 243 Å². The van der Waals surface area contributed by atoms with Crippen LogP contribution in [0, 0.1) is 12.3 Å². The number of hydrogen-bond donors (Lipinski definition) is 0. The summed E-state index contributed by atoms with van der Waals surface area (Å²) in [5.74, 6) is 3.38. The molecule has 12 nitrogen and oxygen atoms in total. The molecule has 0 aliphatic rings. The summed E-state index contributed by atoms with van der Waals surface area (Å²) in [7, 11) is 4.11. The number of para-hydroxylation sites is 8. The van der Waals surface area contributed by atoms with Crippen molar-refractivity contribution in [2.75, 3.05) is 12.3 Å². The van der Waals surface area contributed by atoms with E-state index in [9.17, 15) is 18.3 Å². The minimum atomic E-state index is -3.77. The van der Waals surface area contributed by atoms with Crippen LogP contribution in [0.2, 0.25) is 0 Å². The van der Waals surface area contributed by atoms with Gasteiger partial charge in [0.15, 0.2) is 0 Å². The van der Waals surface area contributed by atoms with Gasteiger partial charge in [0, 0.05) is 6.16 Å². The van der Waals surface area contributed by atoms with E-state index < -0.39 is 30.4 Å². The molecule has 77 heavy (non-hydrogen) atoms. The second kappa shape index (κ2) is 35.0. The number of halogens is 4. The van der Waals surface area contributed by atoms with Gasteiger partial charge in [-0.05, 0) is 97.1 Å². The Balaban J connectivity index is 0.000000258. The van der Waals surface area contributed by atoms with E-state index in [4.69, 9.17) is 77.0 Å². The van der Waals surface area contributed by atoms with Crippen LogP contribution < -0.4 is 36.2 Å². The SMILES string of the molecule is O=P([CH-]CCCP(=O)(Oc1ccccc1)Oc1ccccc1)(Oc1ccccc1)Oc1ccccc1.O=P([CH-]CCP(=O)(Oc1ccccc1)Oc1ccccc1)(Oc1ccccc1)Oc1ccccc1.[Cl][Ni+][Cl].[Cl][Ni+][Cl]. The second-order valence-corrected chi connectivity index (χ2v) is 26.3. The van der Waals surface area contributed by atoms with Crippen molar-refractivity contribution in [1.29, 1.82) is 0 Å². The van der Waals surface area contributed by atoms with Gasteiger partial charge in [-0.25, -0.2) is 9.13 Å². The van der Waals surface area contributed by atoms with Crippen molar-refractivity contribution in [3.05, 3.63) is 255 Å². The number of benzene rings is 8. The van der Waals surface area contributed by atoms with Gasteiger partial charge in [-0.3, -0.25) is 9.13 Å². The molecule has 8 rings (SSSR count). The van der Waals surface area contributed by atoms with Gasteiger partial charge in [0.2, 0.25) is 0 Å². The fraction of sp³-hybridized carbons (Fsp3) is 0.0909. The number of unbranched alkanes of at least 4 members (excludes halogenated alkanes) is 1. The van der Waals surface area contributed by atoms with Crippen molar-refractivity contribution in [2.45, 2.75) is 19.3 Å². The fourth-order valence-corrected chi connectivity index (χ4v) is 12.8. The zero-order chi connectivity index (χ0) is 54.9. The van der Waals surface area contributed by atoms with Crippen molar-refractivity contribution in [2.24, 2.45) is 0 Å². The maximum absolute atomic E-state index is 13.7. The van der Waals surface area contributed by atoms with Gasteiger partial charge in [0.1, 0.15) is 46.0 Å². The van der Waals surface area contributed by atoms with E-state index in [-0.39, 0.29) is 18.7 Å². The molecule has 0 N–H and O–H groups in total. The third-order valence-corrected chi connectivity index (χ3v) is 16.5. The van der Waals surface area contributed by atoms with E-state index in [1.54, 1.807) is 194 Å². The molecule has 0 saturated heterocycles. The van der Waals surface area contributed by atoms with Crippen molar-refractivity contribution in [1.82, 2.24) is 0 Å². The molecule has 0 aromatic heterocycles. The van der Waals surface area contributed by atoms with Gasteiger partial charge >= 0.3 is 81.3 Å². The van der Waals surface area contributed by atoms with Gasteiger partial charge in [0.25, 0.3) is 15.2 Å². The zero-order valence-electron chi connectivity index (χ0n) is 40.6. The molecule has 0 aliphatic carbocycles. The molecule has 8 aromatic carbocycles. The van der Waals surface area contributed by atoms with E-state index in [0.29, 0.717) is 84.1 Å². The molecule has 412 valence electrons. The number of hydrogen-bond acceptors (Lipinski definition) is 12. The minimum absolute atomic E-state index is 0.0446. The van der Waals surface area contributed by atoms with Gasteiger partial charge in [-0.15, -0.1) is 0 Å². The van der Waals surface area contributed by atoms with Crippen molar-refractivity contribution >= 4 is 71.2 Å². The summed E-state index contributed by atoms with van der Waals surface area (Å²) in [4.78, 5) is 0. The molecule has 0 aliphatic heterocycles. The van der Waals surface area contributed by atoms with E-state index in [2.05, 4.69) is 0 Å². The van der Waals surface area contributed by atoms with Crippen LogP contribution in [-0.4, -0.2) is 12.3 Å². The molecule has 0 fully saturated rings. The fourth-order valence-electron chi connectivity index (χ4n) is 6.40. The van der Waals surface area contributed by atoms with Crippen LogP contribution in [0.3, 0.4) is 0 Å². The van der Waals surface area contributed by atoms with Crippen LogP contribution in [-0.2, 0) is 43.6 Å². The third kappa shape index (κ3) is 25.3. The summed E-state index contributed by atoms with van der Waals surface area (Å²) in [6.07, 6.45) is 3.73. The molecule has 0 amide bonds. The predicted molar refractivity (Wildman–Crippen MR) is 303 cm³/mol. The van der Waals surface area contributed by atoms with Crippen LogP contribution in [0.4, 0.5) is 0 Å². The summed E-state index contributed by atoms with van der Waals surface area (Å²) < 4.78 is 101. The third-order valence-electron chi connectivity index (χ3n) is 9.60. The molecular weight excluding hydrogens is 1240 g/mol. The Morgan fingerprint density at radius 3 is 0.688 bits per heavy atom. The van der Waals surface area contributed by atoms with Crippen molar-refractivity contribution in [3.63, 3.8) is 0 Å².